The Hall–Kier alpha value is -2.96. The van der Waals surface area contributed by atoms with E-state index in [0.29, 0.717) is 5.56 Å². The van der Waals surface area contributed by atoms with Crippen molar-refractivity contribution < 1.29 is 18.7 Å². The van der Waals surface area contributed by atoms with Gasteiger partial charge in [0.2, 0.25) is 0 Å². The highest BCUT2D eigenvalue weighted by atomic mass is 28.3. The van der Waals surface area contributed by atoms with Gasteiger partial charge in [0, 0.05) is 12.6 Å². The number of halogens is 1. The molecular weight excluding hydrogens is 419 g/mol. The smallest absolute Gasteiger partial charge is 0.338 e. The van der Waals surface area contributed by atoms with Crippen LogP contribution in [-0.4, -0.2) is 42.5 Å². The van der Waals surface area contributed by atoms with Gasteiger partial charge < -0.3 is 9.47 Å². The lowest BCUT2D eigenvalue weighted by molar-refractivity contribution is -0.0440. The van der Waals surface area contributed by atoms with Gasteiger partial charge in [-0.3, -0.25) is 14.3 Å². The van der Waals surface area contributed by atoms with Crippen LogP contribution in [0.15, 0.2) is 40.1 Å². The maximum atomic E-state index is 14.5. The summed E-state index contributed by atoms with van der Waals surface area (Å²) in [6.07, 6.45) is -2.21. The molecule has 31 heavy (non-hydrogen) atoms. The molecule has 3 atom stereocenters. The van der Waals surface area contributed by atoms with Crippen molar-refractivity contribution in [1.29, 1.82) is 0 Å². The summed E-state index contributed by atoms with van der Waals surface area (Å²) < 4.78 is 26.5. The summed E-state index contributed by atoms with van der Waals surface area (Å²) in [5.74, 6) is 2.24. The zero-order valence-electron chi connectivity index (χ0n) is 17.9. The van der Waals surface area contributed by atoms with E-state index in [1.807, 2.05) is 26.6 Å². The number of aromatic nitrogens is 2. The first-order chi connectivity index (χ1) is 14.5. The number of benzene rings is 1. The molecule has 0 aliphatic carbocycles. The Bertz CT molecular complexity index is 1140. The van der Waals surface area contributed by atoms with Crippen LogP contribution < -0.4 is 11.2 Å². The summed E-state index contributed by atoms with van der Waals surface area (Å²) in [6, 6.07) is 6.82. The summed E-state index contributed by atoms with van der Waals surface area (Å²) >= 11 is 0. The van der Waals surface area contributed by atoms with E-state index in [1.165, 1.54) is 6.20 Å². The van der Waals surface area contributed by atoms with Crippen molar-refractivity contribution >= 4 is 14.0 Å². The number of H-pyrrole nitrogens is 1. The molecule has 1 aromatic carbocycles. The number of alkyl halides is 1. The zero-order valence-corrected chi connectivity index (χ0v) is 18.9. The van der Waals surface area contributed by atoms with Crippen LogP contribution in [0.3, 0.4) is 0 Å². The molecule has 3 rings (SSSR count). The first kappa shape index (κ1) is 22.7. The molecule has 0 radical (unpaired) electrons. The minimum absolute atomic E-state index is 0.112. The van der Waals surface area contributed by atoms with Crippen molar-refractivity contribution in [2.45, 2.75) is 51.5 Å². The van der Waals surface area contributed by atoms with Gasteiger partial charge in [0.25, 0.3) is 5.56 Å². The van der Waals surface area contributed by atoms with Gasteiger partial charge >= 0.3 is 11.7 Å². The minimum Gasteiger partial charge on any atom is -0.459 e. The Balaban J connectivity index is 1.72. The monoisotopic (exact) mass is 444 g/mol. The molecule has 1 saturated heterocycles. The topological polar surface area (TPSA) is 90.4 Å². The maximum absolute atomic E-state index is 14.5. The summed E-state index contributed by atoms with van der Waals surface area (Å²) in [7, 11) is -1.74. The van der Waals surface area contributed by atoms with E-state index in [-0.39, 0.29) is 18.6 Å². The van der Waals surface area contributed by atoms with Gasteiger partial charge in [-0.05, 0) is 19.1 Å². The van der Waals surface area contributed by atoms with Gasteiger partial charge in [0.15, 0.2) is 0 Å². The van der Waals surface area contributed by atoms with Crippen LogP contribution in [0, 0.1) is 18.4 Å². The molecule has 1 aliphatic heterocycles. The van der Waals surface area contributed by atoms with Gasteiger partial charge in [-0.1, -0.05) is 43.3 Å². The lowest BCUT2D eigenvalue weighted by Crippen LogP contribution is -2.34. The molecule has 0 saturated carbocycles. The fraction of sp³-hybridized carbons (Fsp3) is 0.409. The number of nitrogens with one attached hydrogen (secondary N) is 1. The second kappa shape index (κ2) is 9.04. The number of rotatable bonds is 4. The van der Waals surface area contributed by atoms with Gasteiger partial charge in [-0.15, -0.1) is 5.54 Å². The van der Waals surface area contributed by atoms with Crippen LogP contribution >= 0.6 is 0 Å². The van der Waals surface area contributed by atoms with Crippen molar-refractivity contribution in [3.8, 4) is 11.5 Å². The highest BCUT2D eigenvalue weighted by Crippen LogP contribution is 2.30. The van der Waals surface area contributed by atoms with Crippen molar-refractivity contribution in [3.05, 3.63) is 68.0 Å². The molecule has 1 unspecified atom stereocenters. The second-order valence-electron chi connectivity index (χ2n) is 8.55. The van der Waals surface area contributed by atoms with Crippen molar-refractivity contribution in [3.63, 3.8) is 0 Å². The third kappa shape index (κ3) is 5.80. The first-order valence-corrected chi connectivity index (χ1v) is 13.5. The normalized spacial score (nSPS) is 20.7. The molecule has 1 aliphatic rings. The highest BCUT2D eigenvalue weighted by molar-refractivity contribution is 6.83. The Morgan fingerprint density at radius 2 is 1.97 bits per heavy atom. The third-order valence-corrected chi connectivity index (χ3v) is 5.55. The van der Waals surface area contributed by atoms with Gasteiger partial charge in [-0.2, -0.15) is 0 Å². The predicted molar refractivity (Wildman–Crippen MR) is 116 cm³/mol. The molecule has 0 bridgehead atoms. The van der Waals surface area contributed by atoms with E-state index >= 15 is 0 Å². The van der Waals surface area contributed by atoms with Crippen LogP contribution in [-0.2, 0) is 9.47 Å². The highest BCUT2D eigenvalue weighted by Gasteiger charge is 2.38. The number of aryl methyl sites for hydroxylation is 1. The third-order valence-electron chi connectivity index (χ3n) is 4.68. The molecule has 1 fully saturated rings. The van der Waals surface area contributed by atoms with Crippen LogP contribution in [0.2, 0.25) is 19.6 Å². The molecule has 0 amide bonds. The van der Waals surface area contributed by atoms with E-state index in [2.05, 4.69) is 16.4 Å². The van der Waals surface area contributed by atoms with E-state index in [4.69, 9.17) is 9.47 Å². The first-order valence-electron chi connectivity index (χ1n) is 9.95. The van der Waals surface area contributed by atoms with Gasteiger partial charge in [0.1, 0.15) is 38.7 Å². The average Bonchev–Trinajstić information content (AvgIpc) is 3.05. The fourth-order valence-corrected chi connectivity index (χ4v) is 3.49. The standard InChI is InChI=1S/C22H25FN2O5Si/c1-14-5-7-15(8-6-14)21(27)29-13-18-17(23)11-19(30-18)25-12-16(9-10-31(2,3)4)20(26)24-22(25)28/h5-8,12,17-19H,11,13H2,1-4H3,(H,24,26,28)/t17?,18-,19-/m0/s1. The Kier molecular flexibility index (Phi) is 6.62. The maximum Gasteiger partial charge on any atom is 0.338 e. The molecule has 2 aromatic rings. The number of hydrogen-bond acceptors (Lipinski definition) is 5. The molecule has 0 spiro atoms. The Morgan fingerprint density at radius 3 is 2.61 bits per heavy atom. The van der Waals surface area contributed by atoms with Gasteiger partial charge in [-0.25, -0.2) is 14.0 Å². The zero-order chi connectivity index (χ0) is 22.8. The SMILES string of the molecule is Cc1ccc(C(=O)OC[C@@H]2O[C@H](n3cc(C#C[Si](C)(C)C)c(=O)[nH]c3=O)CC2F)cc1. The summed E-state index contributed by atoms with van der Waals surface area (Å²) in [5.41, 5.74) is 3.25. The summed E-state index contributed by atoms with van der Waals surface area (Å²) in [4.78, 5) is 38.7. The second-order valence-corrected chi connectivity index (χ2v) is 13.3. The Labute approximate surface area is 180 Å². The van der Waals surface area contributed by atoms with Gasteiger partial charge in [0.05, 0.1) is 5.56 Å². The average molecular weight is 445 g/mol. The predicted octanol–water partition coefficient (Wildman–Crippen LogP) is 2.56. The number of hydrogen-bond donors (Lipinski definition) is 1. The van der Waals surface area contributed by atoms with Crippen LogP contribution in [0.25, 0.3) is 0 Å². The molecule has 1 aromatic heterocycles. The largest absolute Gasteiger partial charge is 0.459 e. The van der Waals surface area contributed by atoms with E-state index < -0.39 is 43.8 Å². The lowest BCUT2D eigenvalue weighted by atomic mass is 10.1. The molecule has 1 N–H and O–H groups in total. The summed E-state index contributed by atoms with van der Waals surface area (Å²) in [6.45, 7) is 7.70. The molecule has 9 heteroatoms. The number of esters is 1. The van der Waals surface area contributed by atoms with E-state index in [0.717, 1.165) is 10.1 Å². The number of carbonyl (C=O) groups excluding carboxylic acids is 1. The van der Waals surface area contributed by atoms with Crippen LogP contribution in [0.4, 0.5) is 4.39 Å². The van der Waals surface area contributed by atoms with Crippen molar-refractivity contribution in [1.82, 2.24) is 9.55 Å². The molecule has 2 heterocycles. The fourth-order valence-electron chi connectivity index (χ4n) is 2.98. The van der Waals surface area contributed by atoms with Crippen LogP contribution in [0.5, 0.6) is 0 Å². The number of carbonyl (C=O) groups is 1. The molecule has 7 nitrogen and oxygen atoms in total. The summed E-state index contributed by atoms with van der Waals surface area (Å²) in [5, 5.41) is 0. The van der Waals surface area contributed by atoms with E-state index in [1.54, 1.807) is 24.3 Å². The molecular formula is C22H25FN2O5Si. The molecule has 164 valence electrons. The van der Waals surface area contributed by atoms with E-state index in [9.17, 15) is 18.8 Å². The van der Waals surface area contributed by atoms with Crippen LogP contribution in [0.1, 0.15) is 34.1 Å². The quantitative estimate of drug-likeness (QED) is 0.445. The lowest BCUT2D eigenvalue weighted by Gasteiger charge is -2.16. The Morgan fingerprint density at radius 1 is 1.29 bits per heavy atom. The number of ether oxygens (including phenoxy) is 2. The van der Waals surface area contributed by atoms with Crippen molar-refractivity contribution in [2.75, 3.05) is 6.61 Å². The minimum atomic E-state index is -1.74. The number of nitrogens with zero attached hydrogens (tertiary/aromatic N) is 1. The number of aromatic amines is 1. The van der Waals surface area contributed by atoms with Crippen molar-refractivity contribution in [2.24, 2.45) is 0 Å².